The predicted octanol–water partition coefficient (Wildman–Crippen LogP) is 2.90. The Labute approximate surface area is 198 Å². The number of hydrogen-bond acceptors (Lipinski definition) is 8. The zero-order valence-electron chi connectivity index (χ0n) is 19.5. The Morgan fingerprint density at radius 1 is 0.853 bits per heavy atom. The van der Waals surface area contributed by atoms with Gasteiger partial charge in [-0.15, -0.1) is 0 Å². The Balaban J connectivity index is 1.86. The number of hydrazone groups is 1. The van der Waals surface area contributed by atoms with Crippen LogP contribution in [0.3, 0.4) is 0 Å². The van der Waals surface area contributed by atoms with Gasteiger partial charge in [0.2, 0.25) is 11.8 Å². The fraction of sp³-hybridized carbons (Fsp3) is 0.333. The second-order valence-corrected chi connectivity index (χ2v) is 6.71. The van der Waals surface area contributed by atoms with Crippen molar-refractivity contribution < 1.29 is 33.3 Å². The SMILES string of the molecule is CCOC(=O)COc1ccc(C=NNC(=O)CC(=O)Nc2ccc(OCC)cc2)cc1OCC. The third-order valence-corrected chi connectivity index (χ3v) is 4.09. The molecule has 0 aliphatic rings. The Morgan fingerprint density at radius 2 is 1.59 bits per heavy atom. The summed E-state index contributed by atoms with van der Waals surface area (Å²) in [5, 5.41) is 6.51. The molecule has 10 heteroatoms. The van der Waals surface area contributed by atoms with Crippen LogP contribution in [0.15, 0.2) is 47.6 Å². The summed E-state index contributed by atoms with van der Waals surface area (Å²) < 4.78 is 21.2. The van der Waals surface area contributed by atoms with E-state index >= 15 is 0 Å². The number of hydrogen-bond donors (Lipinski definition) is 2. The number of carbonyl (C=O) groups excluding carboxylic acids is 3. The van der Waals surface area contributed by atoms with Crippen LogP contribution in [0.25, 0.3) is 0 Å². The van der Waals surface area contributed by atoms with E-state index in [0.717, 1.165) is 0 Å². The van der Waals surface area contributed by atoms with Crippen LogP contribution in [0.5, 0.6) is 17.2 Å². The van der Waals surface area contributed by atoms with Gasteiger partial charge in [0.15, 0.2) is 18.1 Å². The van der Waals surface area contributed by atoms with Gasteiger partial charge in [-0.1, -0.05) is 0 Å². The summed E-state index contributed by atoms with van der Waals surface area (Å²) in [5.41, 5.74) is 3.48. The summed E-state index contributed by atoms with van der Waals surface area (Å²) >= 11 is 0. The quantitative estimate of drug-likeness (QED) is 0.199. The third-order valence-electron chi connectivity index (χ3n) is 4.09. The molecule has 2 aromatic carbocycles. The molecular weight excluding hydrogens is 442 g/mol. The van der Waals surface area contributed by atoms with Crippen molar-refractivity contribution in [2.24, 2.45) is 5.10 Å². The molecule has 0 atom stereocenters. The molecule has 182 valence electrons. The van der Waals surface area contributed by atoms with Crippen LogP contribution in [-0.4, -0.2) is 50.4 Å². The molecule has 0 fully saturated rings. The summed E-state index contributed by atoms with van der Waals surface area (Å²) in [6.45, 7) is 6.37. The molecular formula is C24H29N3O7. The van der Waals surface area contributed by atoms with Crippen molar-refractivity contribution in [3.8, 4) is 17.2 Å². The molecule has 0 aliphatic heterocycles. The molecule has 2 N–H and O–H groups in total. The van der Waals surface area contributed by atoms with Crippen LogP contribution >= 0.6 is 0 Å². The monoisotopic (exact) mass is 471 g/mol. The predicted molar refractivity (Wildman–Crippen MR) is 126 cm³/mol. The Hall–Kier alpha value is -4.08. The van der Waals surface area contributed by atoms with Crippen LogP contribution in [0, 0.1) is 0 Å². The smallest absolute Gasteiger partial charge is 0.344 e. The lowest BCUT2D eigenvalue weighted by Gasteiger charge is -2.12. The lowest BCUT2D eigenvalue weighted by Crippen LogP contribution is -2.24. The average molecular weight is 472 g/mol. The van der Waals surface area contributed by atoms with Gasteiger partial charge in [-0.2, -0.15) is 5.10 Å². The highest BCUT2D eigenvalue weighted by atomic mass is 16.6. The number of benzene rings is 2. The van der Waals surface area contributed by atoms with Gasteiger partial charge in [-0.3, -0.25) is 9.59 Å². The lowest BCUT2D eigenvalue weighted by molar-refractivity contribution is -0.145. The maximum atomic E-state index is 12.1. The number of nitrogens with zero attached hydrogens (tertiary/aromatic N) is 1. The highest BCUT2D eigenvalue weighted by Crippen LogP contribution is 2.28. The van der Waals surface area contributed by atoms with E-state index in [-0.39, 0.29) is 13.2 Å². The molecule has 0 heterocycles. The molecule has 2 aromatic rings. The number of anilines is 1. The number of rotatable bonds is 13. The molecule has 10 nitrogen and oxygen atoms in total. The molecule has 0 aromatic heterocycles. The fourth-order valence-electron chi connectivity index (χ4n) is 2.70. The molecule has 0 aliphatic carbocycles. The zero-order valence-corrected chi connectivity index (χ0v) is 19.5. The first-order valence-corrected chi connectivity index (χ1v) is 10.8. The molecule has 0 bridgehead atoms. The molecule has 0 unspecified atom stereocenters. The largest absolute Gasteiger partial charge is 0.494 e. The molecule has 2 amide bonds. The third kappa shape index (κ3) is 9.19. The minimum absolute atomic E-state index is 0.240. The Kier molecular flexibility index (Phi) is 10.9. The van der Waals surface area contributed by atoms with Gasteiger partial charge in [0, 0.05) is 5.69 Å². The number of ether oxygens (including phenoxy) is 4. The highest BCUT2D eigenvalue weighted by molar-refractivity contribution is 6.03. The van der Waals surface area contributed by atoms with Crippen molar-refractivity contribution in [2.45, 2.75) is 27.2 Å². The van der Waals surface area contributed by atoms with Crippen molar-refractivity contribution in [1.82, 2.24) is 5.43 Å². The van der Waals surface area contributed by atoms with E-state index in [1.54, 1.807) is 49.4 Å². The Morgan fingerprint density at radius 3 is 2.26 bits per heavy atom. The average Bonchev–Trinajstić information content (AvgIpc) is 2.80. The van der Waals surface area contributed by atoms with Crippen LogP contribution < -0.4 is 25.0 Å². The van der Waals surface area contributed by atoms with Crippen LogP contribution in [0.1, 0.15) is 32.8 Å². The topological polar surface area (TPSA) is 125 Å². The van der Waals surface area contributed by atoms with E-state index in [0.29, 0.717) is 41.7 Å². The van der Waals surface area contributed by atoms with Crippen molar-refractivity contribution in [3.63, 3.8) is 0 Å². The van der Waals surface area contributed by atoms with Crippen LogP contribution in [0.4, 0.5) is 5.69 Å². The molecule has 0 spiro atoms. The summed E-state index contributed by atoms with van der Waals surface area (Å²) in [5.74, 6) is -0.0416. The second kappa shape index (κ2) is 14.1. The summed E-state index contributed by atoms with van der Waals surface area (Å²) in [6, 6.07) is 11.8. The highest BCUT2D eigenvalue weighted by Gasteiger charge is 2.11. The first-order chi connectivity index (χ1) is 16.4. The first-order valence-electron chi connectivity index (χ1n) is 10.8. The van der Waals surface area contributed by atoms with Gasteiger partial charge in [0.05, 0.1) is 26.0 Å². The molecule has 2 rings (SSSR count). The van der Waals surface area contributed by atoms with Crippen molar-refractivity contribution in [2.75, 3.05) is 31.7 Å². The van der Waals surface area contributed by atoms with Crippen LogP contribution in [0.2, 0.25) is 0 Å². The Bertz CT molecular complexity index is 991. The van der Waals surface area contributed by atoms with Gasteiger partial charge in [0.1, 0.15) is 12.2 Å². The van der Waals surface area contributed by atoms with Crippen LogP contribution in [-0.2, 0) is 19.1 Å². The number of esters is 1. The first kappa shape index (κ1) is 26.2. The maximum absolute atomic E-state index is 12.1. The normalized spacial score (nSPS) is 10.4. The van der Waals surface area contributed by atoms with Gasteiger partial charge in [0.25, 0.3) is 0 Å². The molecule has 0 saturated carbocycles. The van der Waals surface area contributed by atoms with E-state index in [1.165, 1.54) is 6.21 Å². The molecule has 0 saturated heterocycles. The fourth-order valence-corrected chi connectivity index (χ4v) is 2.70. The van der Waals surface area contributed by atoms with E-state index in [4.69, 9.17) is 18.9 Å². The number of carbonyl (C=O) groups is 3. The minimum atomic E-state index is -0.570. The van der Waals surface area contributed by atoms with E-state index < -0.39 is 24.2 Å². The van der Waals surface area contributed by atoms with Gasteiger partial charge in [-0.05, 0) is 68.8 Å². The van der Waals surface area contributed by atoms with E-state index in [2.05, 4.69) is 15.8 Å². The van der Waals surface area contributed by atoms with Crippen molar-refractivity contribution >= 4 is 29.7 Å². The standard InChI is InChI=1S/C24H29N3O7/c1-4-31-19-10-8-18(9-11-19)26-22(28)14-23(29)27-25-15-17-7-12-20(21(13-17)32-5-2)34-16-24(30)33-6-3/h7-13,15H,4-6,14,16H2,1-3H3,(H,26,28)(H,27,29). The summed E-state index contributed by atoms with van der Waals surface area (Å²) in [7, 11) is 0. The van der Waals surface area contributed by atoms with Crippen molar-refractivity contribution in [1.29, 1.82) is 0 Å². The second-order valence-electron chi connectivity index (χ2n) is 6.71. The van der Waals surface area contributed by atoms with Gasteiger partial charge in [-0.25, -0.2) is 10.2 Å². The zero-order chi connectivity index (χ0) is 24.8. The van der Waals surface area contributed by atoms with Gasteiger partial charge < -0.3 is 24.3 Å². The maximum Gasteiger partial charge on any atom is 0.344 e. The number of amides is 2. The summed E-state index contributed by atoms with van der Waals surface area (Å²) in [4.78, 5) is 35.5. The minimum Gasteiger partial charge on any atom is -0.494 e. The molecule has 0 radical (unpaired) electrons. The lowest BCUT2D eigenvalue weighted by atomic mass is 10.2. The van der Waals surface area contributed by atoms with Gasteiger partial charge >= 0.3 is 5.97 Å². The van der Waals surface area contributed by atoms with E-state index in [9.17, 15) is 14.4 Å². The summed E-state index contributed by atoms with van der Waals surface area (Å²) in [6.07, 6.45) is 1.01. The van der Waals surface area contributed by atoms with E-state index in [1.807, 2.05) is 13.8 Å². The molecule has 34 heavy (non-hydrogen) atoms. The number of nitrogens with one attached hydrogen (secondary N) is 2. The van der Waals surface area contributed by atoms with Crippen molar-refractivity contribution in [3.05, 3.63) is 48.0 Å².